The van der Waals surface area contributed by atoms with E-state index in [0.29, 0.717) is 22.0 Å². The standard InChI is InChI=1S/C14H14ClN3O/c1-9-3-4-12(11(15)7-9)18-14(19)10-5-6-17-8-13(10)16-2/h3-8,16H,1-2H3,(H,18,19). The summed E-state index contributed by atoms with van der Waals surface area (Å²) in [6, 6.07) is 7.15. The number of nitrogens with one attached hydrogen (secondary N) is 2. The molecule has 1 aromatic carbocycles. The van der Waals surface area contributed by atoms with E-state index in [9.17, 15) is 4.79 Å². The van der Waals surface area contributed by atoms with E-state index >= 15 is 0 Å². The van der Waals surface area contributed by atoms with Crippen molar-refractivity contribution in [2.24, 2.45) is 0 Å². The molecule has 1 amide bonds. The highest BCUT2D eigenvalue weighted by molar-refractivity contribution is 6.34. The lowest BCUT2D eigenvalue weighted by Gasteiger charge is -2.10. The topological polar surface area (TPSA) is 54.0 Å². The predicted molar refractivity (Wildman–Crippen MR) is 77.9 cm³/mol. The van der Waals surface area contributed by atoms with E-state index in [-0.39, 0.29) is 5.91 Å². The van der Waals surface area contributed by atoms with E-state index in [4.69, 9.17) is 11.6 Å². The Labute approximate surface area is 116 Å². The number of hydrogen-bond donors (Lipinski definition) is 2. The van der Waals surface area contributed by atoms with Crippen LogP contribution in [0.2, 0.25) is 5.02 Å². The number of nitrogens with zero attached hydrogens (tertiary/aromatic N) is 1. The van der Waals surface area contributed by atoms with E-state index < -0.39 is 0 Å². The second kappa shape index (κ2) is 5.71. The number of anilines is 2. The number of hydrogen-bond acceptors (Lipinski definition) is 3. The number of rotatable bonds is 3. The molecule has 0 saturated carbocycles. The van der Waals surface area contributed by atoms with Crippen molar-refractivity contribution in [3.8, 4) is 0 Å². The number of aromatic nitrogens is 1. The number of halogens is 1. The van der Waals surface area contributed by atoms with Gasteiger partial charge in [0.05, 0.1) is 28.2 Å². The highest BCUT2D eigenvalue weighted by Crippen LogP contribution is 2.24. The molecular weight excluding hydrogens is 262 g/mol. The van der Waals surface area contributed by atoms with Crippen LogP contribution in [0.5, 0.6) is 0 Å². The Bertz CT molecular complexity index is 613. The molecule has 0 radical (unpaired) electrons. The first kappa shape index (κ1) is 13.4. The monoisotopic (exact) mass is 275 g/mol. The quantitative estimate of drug-likeness (QED) is 0.903. The molecule has 5 heteroatoms. The number of benzene rings is 1. The average molecular weight is 276 g/mol. The number of carbonyl (C=O) groups is 1. The Morgan fingerprint density at radius 1 is 1.26 bits per heavy atom. The van der Waals surface area contributed by atoms with Crippen molar-refractivity contribution in [1.29, 1.82) is 0 Å². The SMILES string of the molecule is CNc1cnccc1C(=O)Nc1ccc(C)cc1Cl. The summed E-state index contributed by atoms with van der Waals surface area (Å²) in [5.74, 6) is -0.225. The Kier molecular flexibility index (Phi) is 4.02. The minimum Gasteiger partial charge on any atom is -0.386 e. The van der Waals surface area contributed by atoms with Crippen molar-refractivity contribution >= 4 is 28.9 Å². The molecule has 0 saturated heterocycles. The summed E-state index contributed by atoms with van der Waals surface area (Å²) in [4.78, 5) is 16.2. The Balaban J connectivity index is 2.26. The van der Waals surface area contributed by atoms with Crippen molar-refractivity contribution in [1.82, 2.24) is 4.98 Å². The van der Waals surface area contributed by atoms with Crippen molar-refractivity contribution in [2.75, 3.05) is 17.7 Å². The Hall–Kier alpha value is -2.07. The Morgan fingerprint density at radius 3 is 2.74 bits per heavy atom. The summed E-state index contributed by atoms with van der Waals surface area (Å²) >= 11 is 6.09. The molecule has 1 heterocycles. The Morgan fingerprint density at radius 2 is 2.05 bits per heavy atom. The molecule has 0 aliphatic carbocycles. The van der Waals surface area contributed by atoms with Gasteiger partial charge >= 0.3 is 0 Å². The first-order valence-corrected chi connectivity index (χ1v) is 6.19. The molecule has 1 aromatic heterocycles. The van der Waals surface area contributed by atoms with Crippen LogP contribution in [-0.2, 0) is 0 Å². The normalized spacial score (nSPS) is 10.1. The number of aryl methyl sites for hydroxylation is 1. The van der Waals surface area contributed by atoms with Crippen molar-refractivity contribution in [3.63, 3.8) is 0 Å². The minimum absolute atomic E-state index is 0.225. The van der Waals surface area contributed by atoms with Gasteiger partial charge in [0, 0.05) is 13.2 Å². The maximum absolute atomic E-state index is 12.2. The maximum atomic E-state index is 12.2. The van der Waals surface area contributed by atoms with Gasteiger partial charge in [-0.2, -0.15) is 0 Å². The lowest BCUT2D eigenvalue weighted by Crippen LogP contribution is -2.14. The summed E-state index contributed by atoms with van der Waals surface area (Å²) in [6.45, 7) is 1.94. The molecule has 2 rings (SSSR count). The van der Waals surface area contributed by atoms with E-state index in [0.717, 1.165) is 5.56 Å². The van der Waals surface area contributed by atoms with Crippen LogP contribution in [0.15, 0.2) is 36.7 Å². The largest absolute Gasteiger partial charge is 0.386 e. The summed E-state index contributed by atoms with van der Waals surface area (Å²) in [5.41, 5.74) is 2.83. The van der Waals surface area contributed by atoms with Gasteiger partial charge < -0.3 is 10.6 Å². The van der Waals surface area contributed by atoms with Crippen LogP contribution < -0.4 is 10.6 Å². The van der Waals surface area contributed by atoms with Gasteiger partial charge in [0.25, 0.3) is 5.91 Å². The zero-order chi connectivity index (χ0) is 13.8. The van der Waals surface area contributed by atoms with Crippen LogP contribution in [0, 0.1) is 6.92 Å². The smallest absolute Gasteiger partial charge is 0.257 e. The van der Waals surface area contributed by atoms with Crippen LogP contribution in [-0.4, -0.2) is 17.9 Å². The molecule has 0 fully saturated rings. The molecule has 19 heavy (non-hydrogen) atoms. The molecule has 2 N–H and O–H groups in total. The van der Waals surface area contributed by atoms with E-state index in [2.05, 4.69) is 15.6 Å². The predicted octanol–water partition coefficient (Wildman–Crippen LogP) is 3.34. The van der Waals surface area contributed by atoms with Gasteiger partial charge in [0.1, 0.15) is 0 Å². The van der Waals surface area contributed by atoms with E-state index in [1.165, 1.54) is 0 Å². The zero-order valence-corrected chi connectivity index (χ0v) is 11.5. The highest BCUT2D eigenvalue weighted by Gasteiger charge is 2.12. The average Bonchev–Trinajstić information content (AvgIpc) is 2.41. The van der Waals surface area contributed by atoms with Crippen molar-refractivity contribution in [3.05, 3.63) is 52.8 Å². The third kappa shape index (κ3) is 3.03. The molecule has 2 aromatic rings. The molecule has 4 nitrogen and oxygen atoms in total. The second-order valence-corrected chi connectivity index (χ2v) is 4.52. The summed E-state index contributed by atoms with van der Waals surface area (Å²) < 4.78 is 0. The van der Waals surface area contributed by atoms with Gasteiger partial charge in [-0.1, -0.05) is 17.7 Å². The molecule has 0 atom stereocenters. The highest BCUT2D eigenvalue weighted by atomic mass is 35.5. The second-order valence-electron chi connectivity index (χ2n) is 4.11. The first-order valence-electron chi connectivity index (χ1n) is 5.81. The zero-order valence-electron chi connectivity index (χ0n) is 10.7. The fraction of sp³-hybridized carbons (Fsp3) is 0.143. The van der Waals surface area contributed by atoms with Crippen molar-refractivity contribution in [2.45, 2.75) is 6.92 Å². The molecule has 0 bridgehead atoms. The molecule has 0 aliphatic heterocycles. The van der Waals surface area contributed by atoms with Gasteiger partial charge in [0.2, 0.25) is 0 Å². The number of pyridine rings is 1. The third-order valence-electron chi connectivity index (χ3n) is 2.71. The first-order chi connectivity index (χ1) is 9.11. The lowest BCUT2D eigenvalue weighted by atomic mass is 10.2. The van der Waals surface area contributed by atoms with Crippen LogP contribution in [0.3, 0.4) is 0 Å². The lowest BCUT2D eigenvalue weighted by molar-refractivity contribution is 0.102. The molecule has 0 aliphatic rings. The van der Waals surface area contributed by atoms with E-state index in [1.807, 2.05) is 19.1 Å². The molecular formula is C14H14ClN3O. The van der Waals surface area contributed by atoms with Crippen LogP contribution >= 0.6 is 11.6 Å². The maximum Gasteiger partial charge on any atom is 0.257 e. The van der Waals surface area contributed by atoms with Crippen LogP contribution in [0.4, 0.5) is 11.4 Å². The van der Waals surface area contributed by atoms with Crippen LogP contribution in [0.25, 0.3) is 0 Å². The van der Waals surface area contributed by atoms with Gasteiger partial charge in [-0.15, -0.1) is 0 Å². The number of amides is 1. The van der Waals surface area contributed by atoms with Crippen LogP contribution in [0.1, 0.15) is 15.9 Å². The van der Waals surface area contributed by atoms with Gasteiger partial charge in [-0.25, -0.2) is 0 Å². The van der Waals surface area contributed by atoms with Gasteiger partial charge in [-0.05, 0) is 30.7 Å². The number of carbonyl (C=O) groups excluding carboxylic acids is 1. The summed E-state index contributed by atoms with van der Waals surface area (Å²) in [6.07, 6.45) is 3.18. The summed E-state index contributed by atoms with van der Waals surface area (Å²) in [7, 11) is 1.74. The minimum atomic E-state index is -0.225. The molecule has 0 unspecified atom stereocenters. The fourth-order valence-corrected chi connectivity index (χ4v) is 1.99. The fourth-order valence-electron chi connectivity index (χ4n) is 1.70. The van der Waals surface area contributed by atoms with E-state index in [1.54, 1.807) is 31.6 Å². The van der Waals surface area contributed by atoms with Crippen molar-refractivity contribution < 1.29 is 4.79 Å². The van der Waals surface area contributed by atoms with Gasteiger partial charge in [-0.3, -0.25) is 9.78 Å². The molecule has 98 valence electrons. The summed E-state index contributed by atoms with van der Waals surface area (Å²) in [5, 5.41) is 6.24. The van der Waals surface area contributed by atoms with Gasteiger partial charge in [0.15, 0.2) is 0 Å². The molecule has 0 spiro atoms. The third-order valence-corrected chi connectivity index (χ3v) is 3.02.